The van der Waals surface area contributed by atoms with E-state index in [4.69, 9.17) is 26.2 Å². The first kappa shape index (κ1) is 18.3. The Labute approximate surface area is 134 Å². The number of carbonyl (C=O) groups is 2. The first-order valence-electron chi connectivity index (χ1n) is 6.90. The molecule has 1 aromatic rings. The topological polar surface area (TPSA) is 76.1 Å². The van der Waals surface area contributed by atoms with Crippen molar-refractivity contribution in [3.63, 3.8) is 0 Å². The lowest BCUT2D eigenvalue weighted by Gasteiger charge is -2.26. The summed E-state index contributed by atoms with van der Waals surface area (Å²) in [6.07, 6.45) is -0.399. The maximum atomic E-state index is 12.5. The van der Waals surface area contributed by atoms with Gasteiger partial charge in [0.25, 0.3) is 5.91 Å². The molecule has 7 heteroatoms. The summed E-state index contributed by atoms with van der Waals surface area (Å²) < 4.78 is 10.5. The largest absolute Gasteiger partial charge is 0.480 e. The Morgan fingerprint density at radius 3 is 2.59 bits per heavy atom. The van der Waals surface area contributed by atoms with Crippen LogP contribution in [0.15, 0.2) is 24.3 Å². The summed E-state index contributed by atoms with van der Waals surface area (Å²) in [6, 6.07) is 6.83. The van der Waals surface area contributed by atoms with Crippen LogP contribution < -0.4 is 4.74 Å². The van der Waals surface area contributed by atoms with Gasteiger partial charge in [-0.3, -0.25) is 9.59 Å². The molecule has 1 aromatic carbocycles. The zero-order valence-electron chi connectivity index (χ0n) is 12.6. The Hall–Kier alpha value is -1.79. The maximum Gasteiger partial charge on any atom is 0.323 e. The van der Waals surface area contributed by atoms with Crippen LogP contribution in [-0.4, -0.2) is 54.8 Å². The number of carboxylic acids is 1. The van der Waals surface area contributed by atoms with Gasteiger partial charge in [0.1, 0.15) is 12.3 Å². The van der Waals surface area contributed by atoms with Crippen LogP contribution in [-0.2, 0) is 14.3 Å². The third-order valence-electron chi connectivity index (χ3n) is 2.96. The van der Waals surface area contributed by atoms with Crippen LogP contribution in [0.3, 0.4) is 0 Å². The number of nitrogens with zero attached hydrogens (tertiary/aromatic N) is 1. The van der Waals surface area contributed by atoms with E-state index in [9.17, 15) is 9.59 Å². The summed E-state index contributed by atoms with van der Waals surface area (Å²) in [7, 11) is 1.49. The van der Waals surface area contributed by atoms with Gasteiger partial charge in [0.05, 0.1) is 11.6 Å². The molecule has 22 heavy (non-hydrogen) atoms. The van der Waals surface area contributed by atoms with Crippen molar-refractivity contribution in [2.45, 2.75) is 19.4 Å². The van der Waals surface area contributed by atoms with E-state index in [1.807, 2.05) is 0 Å². The number of halogens is 1. The van der Waals surface area contributed by atoms with E-state index in [-0.39, 0.29) is 13.2 Å². The Morgan fingerprint density at radius 2 is 2.05 bits per heavy atom. The van der Waals surface area contributed by atoms with E-state index >= 15 is 0 Å². The minimum Gasteiger partial charge on any atom is -0.480 e. The van der Waals surface area contributed by atoms with Crippen molar-refractivity contribution in [1.29, 1.82) is 0 Å². The number of ether oxygens (including phenoxy) is 2. The number of carboxylic acid groups (broad SMARTS) is 1. The van der Waals surface area contributed by atoms with Crippen LogP contribution in [0.4, 0.5) is 0 Å². The van der Waals surface area contributed by atoms with Crippen molar-refractivity contribution >= 4 is 23.5 Å². The van der Waals surface area contributed by atoms with Crippen molar-refractivity contribution in [3.8, 4) is 5.75 Å². The van der Waals surface area contributed by atoms with Crippen LogP contribution >= 0.6 is 11.6 Å². The standard InChI is InChI=1S/C15H20ClNO5/c1-3-12(22-13-7-5-4-6-11(13)16)15(20)17(8-9-21-2)10-14(18)19/h4-7,12H,3,8-10H2,1-2H3,(H,18,19). The molecule has 0 radical (unpaired) electrons. The number of carbonyl (C=O) groups excluding carboxylic acids is 1. The van der Waals surface area contributed by atoms with Crippen LogP contribution in [0.1, 0.15) is 13.3 Å². The number of aliphatic carboxylic acids is 1. The second-order valence-corrected chi connectivity index (χ2v) is 5.00. The van der Waals surface area contributed by atoms with Crippen LogP contribution in [0.5, 0.6) is 5.75 Å². The van der Waals surface area contributed by atoms with Gasteiger partial charge in [0.15, 0.2) is 6.10 Å². The Bertz CT molecular complexity index is 508. The van der Waals surface area contributed by atoms with E-state index in [1.54, 1.807) is 31.2 Å². The molecule has 122 valence electrons. The number of amides is 1. The van der Waals surface area contributed by atoms with Gasteiger partial charge in [-0.1, -0.05) is 30.7 Å². The van der Waals surface area contributed by atoms with Gasteiger partial charge in [-0.2, -0.15) is 0 Å². The van der Waals surface area contributed by atoms with Crippen molar-refractivity contribution in [2.75, 3.05) is 26.8 Å². The molecule has 0 aliphatic heterocycles. The predicted molar refractivity (Wildman–Crippen MR) is 82.3 cm³/mol. The quantitative estimate of drug-likeness (QED) is 0.750. The molecule has 0 bridgehead atoms. The van der Waals surface area contributed by atoms with Gasteiger partial charge < -0.3 is 19.5 Å². The molecule has 0 spiro atoms. The molecule has 0 aliphatic carbocycles. The van der Waals surface area contributed by atoms with Crippen LogP contribution in [0.2, 0.25) is 5.02 Å². The lowest BCUT2D eigenvalue weighted by molar-refractivity contribution is -0.148. The molecule has 0 fully saturated rings. The zero-order chi connectivity index (χ0) is 16.5. The van der Waals surface area contributed by atoms with E-state index in [0.717, 1.165) is 0 Å². The number of para-hydroxylation sites is 1. The first-order valence-corrected chi connectivity index (χ1v) is 7.28. The average Bonchev–Trinajstić information content (AvgIpc) is 2.49. The van der Waals surface area contributed by atoms with E-state index in [0.29, 0.717) is 17.2 Å². The van der Waals surface area contributed by atoms with Crippen LogP contribution in [0.25, 0.3) is 0 Å². The molecular formula is C15H20ClNO5. The highest BCUT2D eigenvalue weighted by molar-refractivity contribution is 6.32. The highest BCUT2D eigenvalue weighted by Gasteiger charge is 2.26. The Kier molecular flexibility index (Phi) is 7.70. The molecule has 1 unspecified atom stereocenters. The number of hydrogen-bond donors (Lipinski definition) is 1. The van der Waals surface area contributed by atoms with E-state index in [2.05, 4.69) is 0 Å². The summed E-state index contributed by atoms with van der Waals surface area (Å²) in [5.41, 5.74) is 0. The molecule has 1 atom stereocenters. The summed E-state index contributed by atoms with van der Waals surface area (Å²) in [5, 5.41) is 9.32. The zero-order valence-corrected chi connectivity index (χ0v) is 13.4. The smallest absolute Gasteiger partial charge is 0.323 e. The lowest BCUT2D eigenvalue weighted by atomic mass is 10.2. The minimum absolute atomic E-state index is 0.185. The predicted octanol–water partition coefficient (Wildman–Crippen LogP) is 2.06. The maximum absolute atomic E-state index is 12.5. The van der Waals surface area contributed by atoms with Gasteiger partial charge in [0, 0.05) is 13.7 Å². The van der Waals surface area contributed by atoms with Crippen molar-refractivity contribution in [2.24, 2.45) is 0 Å². The van der Waals surface area contributed by atoms with E-state index in [1.165, 1.54) is 12.0 Å². The third-order valence-corrected chi connectivity index (χ3v) is 3.27. The minimum atomic E-state index is -1.09. The third kappa shape index (κ3) is 5.54. The van der Waals surface area contributed by atoms with E-state index < -0.39 is 24.5 Å². The number of hydrogen-bond acceptors (Lipinski definition) is 4. The highest BCUT2D eigenvalue weighted by atomic mass is 35.5. The number of benzene rings is 1. The van der Waals surface area contributed by atoms with Gasteiger partial charge in [0.2, 0.25) is 0 Å². The molecule has 6 nitrogen and oxygen atoms in total. The molecular weight excluding hydrogens is 310 g/mol. The fourth-order valence-corrected chi connectivity index (χ4v) is 2.02. The fraction of sp³-hybridized carbons (Fsp3) is 0.467. The van der Waals surface area contributed by atoms with Gasteiger partial charge >= 0.3 is 5.97 Å². The molecule has 0 saturated carbocycles. The Balaban J connectivity index is 2.83. The lowest BCUT2D eigenvalue weighted by Crippen LogP contribution is -2.45. The normalized spacial score (nSPS) is 11.8. The summed E-state index contributed by atoms with van der Waals surface area (Å²) in [5.74, 6) is -1.09. The molecule has 0 saturated heterocycles. The van der Waals surface area contributed by atoms with Crippen molar-refractivity contribution < 1.29 is 24.2 Å². The number of methoxy groups -OCH3 is 1. The van der Waals surface area contributed by atoms with Gasteiger partial charge in [-0.15, -0.1) is 0 Å². The van der Waals surface area contributed by atoms with Crippen molar-refractivity contribution in [1.82, 2.24) is 4.90 Å². The molecule has 1 N–H and O–H groups in total. The average molecular weight is 330 g/mol. The number of rotatable bonds is 9. The summed E-state index contributed by atoms with van der Waals surface area (Å²) >= 11 is 6.01. The van der Waals surface area contributed by atoms with Crippen LogP contribution in [0, 0.1) is 0 Å². The SMILES string of the molecule is CCC(Oc1ccccc1Cl)C(=O)N(CCOC)CC(=O)O. The second kappa shape index (κ2) is 9.27. The molecule has 1 amide bonds. The Morgan fingerprint density at radius 1 is 1.36 bits per heavy atom. The first-order chi connectivity index (χ1) is 10.5. The van der Waals surface area contributed by atoms with Crippen molar-refractivity contribution in [3.05, 3.63) is 29.3 Å². The molecule has 0 aliphatic rings. The monoisotopic (exact) mass is 329 g/mol. The second-order valence-electron chi connectivity index (χ2n) is 4.59. The summed E-state index contributed by atoms with van der Waals surface area (Å²) in [6.45, 7) is 1.82. The molecule has 0 heterocycles. The fourth-order valence-electron chi connectivity index (χ4n) is 1.84. The molecule has 0 aromatic heterocycles. The highest BCUT2D eigenvalue weighted by Crippen LogP contribution is 2.25. The summed E-state index contributed by atoms with van der Waals surface area (Å²) in [4.78, 5) is 24.6. The van der Waals surface area contributed by atoms with Gasteiger partial charge in [-0.25, -0.2) is 0 Å². The molecule has 1 rings (SSSR count). The van der Waals surface area contributed by atoms with Gasteiger partial charge in [-0.05, 0) is 18.6 Å².